The lowest BCUT2D eigenvalue weighted by atomic mass is 10.1. The van der Waals surface area contributed by atoms with Gasteiger partial charge < -0.3 is 5.32 Å². The van der Waals surface area contributed by atoms with Crippen molar-refractivity contribution in [2.45, 2.75) is 13.0 Å². The molecule has 19 heavy (non-hydrogen) atoms. The number of halogens is 4. The van der Waals surface area contributed by atoms with Crippen molar-refractivity contribution in [3.63, 3.8) is 0 Å². The summed E-state index contributed by atoms with van der Waals surface area (Å²) in [6.07, 6.45) is 0. The summed E-state index contributed by atoms with van der Waals surface area (Å²) in [5.74, 6) is -0.447. The Morgan fingerprint density at radius 3 is 2.16 bits per heavy atom. The smallest absolute Gasteiger partial charge is 0.126 e. The SMILES string of the molecule is CC(Nc1c(Cl)cc(F)cc1Cl)c1ccc(Br)cc1. The highest BCUT2D eigenvalue weighted by atomic mass is 79.9. The van der Waals surface area contributed by atoms with Gasteiger partial charge >= 0.3 is 0 Å². The predicted molar refractivity (Wildman–Crippen MR) is 82.6 cm³/mol. The van der Waals surface area contributed by atoms with Crippen LogP contribution in [0.3, 0.4) is 0 Å². The first kappa shape index (κ1) is 14.6. The molecule has 2 aromatic carbocycles. The standard InChI is InChI=1S/C14H11BrCl2FN/c1-8(9-2-4-10(15)5-3-9)19-14-12(16)6-11(18)7-13(14)17/h2-8,19H,1H3. The predicted octanol–water partition coefficient (Wildman–Crippen LogP) is 6.07. The lowest BCUT2D eigenvalue weighted by molar-refractivity contribution is 0.628. The molecule has 0 spiro atoms. The van der Waals surface area contributed by atoms with E-state index in [0.717, 1.165) is 10.0 Å². The van der Waals surface area contributed by atoms with E-state index < -0.39 is 5.82 Å². The fourth-order valence-corrected chi connectivity index (χ4v) is 2.57. The van der Waals surface area contributed by atoms with Crippen LogP contribution in [0.15, 0.2) is 40.9 Å². The summed E-state index contributed by atoms with van der Waals surface area (Å²) in [6.45, 7) is 1.99. The molecule has 0 heterocycles. The summed E-state index contributed by atoms with van der Waals surface area (Å²) in [4.78, 5) is 0. The van der Waals surface area contributed by atoms with E-state index in [1.54, 1.807) is 0 Å². The molecule has 100 valence electrons. The molecule has 5 heteroatoms. The van der Waals surface area contributed by atoms with Crippen LogP contribution in [-0.4, -0.2) is 0 Å². The van der Waals surface area contributed by atoms with Crippen molar-refractivity contribution in [2.75, 3.05) is 5.32 Å². The first-order valence-electron chi connectivity index (χ1n) is 5.64. The molecule has 0 aliphatic rings. The van der Waals surface area contributed by atoms with E-state index in [-0.39, 0.29) is 16.1 Å². The molecule has 2 rings (SSSR count). The Balaban J connectivity index is 2.24. The summed E-state index contributed by atoms with van der Waals surface area (Å²) in [6, 6.07) is 10.4. The molecule has 2 aromatic rings. The fraction of sp³-hybridized carbons (Fsp3) is 0.143. The molecule has 0 bridgehead atoms. The van der Waals surface area contributed by atoms with E-state index in [4.69, 9.17) is 23.2 Å². The van der Waals surface area contributed by atoms with Gasteiger partial charge in [-0.15, -0.1) is 0 Å². The van der Waals surface area contributed by atoms with Crippen molar-refractivity contribution in [2.24, 2.45) is 0 Å². The second kappa shape index (κ2) is 6.12. The van der Waals surface area contributed by atoms with Gasteiger partial charge in [-0.05, 0) is 36.8 Å². The molecule has 0 fully saturated rings. The summed E-state index contributed by atoms with van der Waals surface area (Å²) in [5, 5.41) is 3.74. The highest BCUT2D eigenvalue weighted by molar-refractivity contribution is 9.10. The van der Waals surface area contributed by atoms with Crippen LogP contribution in [0, 0.1) is 5.82 Å². The van der Waals surface area contributed by atoms with Gasteiger partial charge in [-0.3, -0.25) is 0 Å². The minimum Gasteiger partial charge on any atom is -0.376 e. The molecule has 1 atom stereocenters. The second-order valence-corrected chi connectivity index (χ2v) is 5.89. The average Bonchev–Trinajstić information content (AvgIpc) is 2.34. The maximum Gasteiger partial charge on any atom is 0.126 e. The van der Waals surface area contributed by atoms with Crippen LogP contribution >= 0.6 is 39.1 Å². The lowest BCUT2D eigenvalue weighted by Crippen LogP contribution is -2.07. The lowest BCUT2D eigenvalue weighted by Gasteiger charge is -2.18. The topological polar surface area (TPSA) is 12.0 Å². The normalized spacial score (nSPS) is 12.3. The van der Waals surface area contributed by atoms with E-state index in [1.165, 1.54) is 12.1 Å². The van der Waals surface area contributed by atoms with Crippen LogP contribution in [0.5, 0.6) is 0 Å². The Hall–Kier alpha value is -0.770. The number of rotatable bonds is 3. The van der Waals surface area contributed by atoms with Crippen molar-refractivity contribution in [1.29, 1.82) is 0 Å². The Bertz CT molecular complexity index is 563. The zero-order valence-corrected chi connectivity index (χ0v) is 13.2. The average molecular weight is 363 g/mol. The van der Waals surface area contributed by atoms with Gasteiger partial charge in [0.05, 0.1) is 15.7 Å². The first-order valence-corrected chi connectivity index (χ1v) is 7.19. The quantitative estimate of drug-likeness (QED) is 0.698. The van der Waals surface area contributed by atoms with E-state index >= 15 is 0 Å². The van der Waals surface area contributed by atoms with Gasteiger partial charge in [0.2, 0.25) is 0 Å². The fourth-order valence-electron chi connectivity index (χ4n) is 1.73. The van der Waals surface area contributed by atoms with Gasteiger partial charge in [-0.1, -0.05) is 51.3 Å². The van der Waals surface area contributed by atoms with Crippen molar-refractivity contribution < 1.29 is 4.39 Å². The second-order valence-electron chi connectivity index (χ2n) is 4.16. The third-order valence-electron chi connectivity index (χ3n) is 2.74. The molecule has 0 saturated carbocycles. The van der Waals surface area contributed by atoms with Crippen LogP contribution in [-0.2, 0) is 0 Å². The molecule has 0 amide bonds. The summed E-state index contributed by atoms with van der Waals surface area (Å²) in [7, 11) is 0. The number of nitrogens with one attached hydrogen (secondary N) is 1. The highest BCUT2D eigenvalue weighted by Gasteiger charge is 2.12. The van der Waals surface area contributed by atoms with Crippen LogP contribution in [0.1, 0.15) is 18.5 Å². The van der Waals surface area contributed by atoms with Gasteiger partial charge in [0, 0.05) is 10.5 Å². The molecular weight excluding hydrogens is 352 g/mol. The van der Waals surface area contributed by atoms with Crippen molar-refractivity contribution in [3.8, 4) is 0 Å². The van der Waals surface area contributed by atoms with Crippen molar-refractivity contribution >= 4 is 44.8 Å². The number of hydrogen-bond donors (Lipinski definition) is 1. The zero-order chi connectivity index (χ0) is 14.0. The minimum absolute atomic E-state index is 0.00793. The minimum atomic E-state index is -0.447. The van der Waals surface area contributed by atoms with Gasteiger partial charge in [-0.2, -0.15) is 0 Å². The molecular formula is C14H11BrCl2FN. The van der Waals surface area contributed by atoms with Gasteiger partial charge in [0.1, 0.15) is 5.82 Å². The number of anilines is 1. The maximum absolute atomic E-state index is 13.1. The monoisotopic (exact) mass is 361 g/mol. The molecule has 0 saturated heterocycles. The van der Waals surface area contributed by atoms with Crippen molar-refractivity contribution in [3.05, 3.63) is 62.3 Å². The van der Waals surface area contributed by atoms with Gasteiger partial charge in [-0.25, -0.2) is 4.39 Å². The molecule has 0 aliphatic heterocycles. The Labute approximate surface area is 129 Å². The van der Waals surface area contributed by atoms with E-state index in [2.05, 4.69) is 21.2 Å². The van der Waals surface area contributed by atoms with Gasteiger partial charge in [0.15, 0.2) is 0 Å². The van der Waals surface area contributed by atoms with E-state index in [0.29, 0.717) is 5.69 Å². The molecule has 1 unspecified atom stereocenters. The van der Waals surface area contributed by atoms with E-state index in [9.17, 15) is 4.39 Å². The maximum atomic E-state index is 13.1. The molecule has 0 aromatic heterocycles. The molecule has 0 aliphatic carbocycles. The summed E-state index contributed by atoms with van der Waals surface area (Å²) >= 11 is 15.4. The van der Waals surface area contributed by atoms with Crippen LogP contribution in [0.4, 0.5) is 10.1 Å². The largest absolute Gasteiger partial charge is 0.376 e. The molecule has 1 N–H and O–H groups in total. The Morgan fingerprint density at radius 1 is 1.11 bits per heavy atom. The van der Waals surface area contributed by atoms with E-state index in [1.807, 2.05) is 31.2 Å². The van der Waals surface area contributed by atoms with Crippen LogP contribution < -0.4 is 5.32 Å². The van der Waals surface area contributed by atoms with Crippen LogP contribution in [0.2, 0.25) is 10.0 Å². The molecule has 0 radical (unpaired) electrons. The summed E-state index contributed by atoms with van der Waals surface area (Å²) < 4.78 is 14.1. The van der Waals surface area contributed by atoms with Gasteiger partial charge in [0.25, 0.3) is 0 Å². The highest BCUT2D eigenvalue weighted by Crippen LogP contribution is 2.34. The zero-order valence-electron chi connectivity index (χ0n) is 10.1. The molecule has 1 nitrogen and oxygen atoms in total. The first-order chi connectivity index (χ1) is 8.97. The third-order valence-corrected chi connectivity index (χ3v) is 3.86. The number of benzene rings is 2. The van der Waals surface area contributed by atoms with Crippen molar-refractivity contribution in [1.82, 2.24) is 0 Å². The number of hydrogen-bond acceptors (Lipinski definition) is 1. The Kier molecular flexibility index (Phi) is 4.71. The van der Waals surface area contributed by atoms with Crippen LogP contribution in [0.25, 0.3) is 0 Å². The third kappa shape index (κ3) is 3.62. The Morgan fingerprint density at radius 2 is 1.63 bits per heavy atom. The summed E-state index contributed by atoms with van der Waals surface area (Å²) in [5.41, 5.74) is 1.62.